The lowest BCUT2D eigenvalue weighted by atomic mass is 10.1. The average molecular weight is 308 g/mol. The molecule has 1 N–H and O–H groups in total. The standard InChI is InChI=1S/C14H16N2O4S/c1-8-7-15-14(21-8)16-13(17)9-5-11(19-3)12(20-4)6-10(9)18-2/h5-7H,1-4H3,(H,15,16,17). The van der Waals surface area contributed by atoms with Gasteiger partial charge in [0, 0.05) is 23.2 Å². The van der Waals surface area contributed by atoms with Crippen molar-refractivity contribution in [2.24, 2.45) is 0 Å². The molecule has 0 atom stereocenters. The predicted octanol–water partition coefficient (Wildman–Crippen LogP) is 2.73. The van der Waals surface area contributed by atoms with Gasteiger partial charge < -0.3 is 14.2 Å². The van der Waals surface area contributed by atoms with E-state index in [-0.39, 0.29) is 5.91 Å². The van der Waals surface area contributed by atoms with Gasteiger partial charge in [-0.25, -0.2) is 4.98 Å². The van der Waals surface area contributed by atoms with Gasteiger partial charge in [-0.15, -0.1) is 11.3 Å². The van der Waals surface area contributed by atoms with Crippen LogP contribution in [0.25, 0.3) is 0 Å². The molecule has 2 rings (SSSR count). The molecule has 0 aliphatic carbocycles. The van der Waals surface area contributed by atoms with Crippen molar-refractivity contribution in [1.29, 1.82) is 0 Å². The fourth-order valence-corrected chi connectivity index (χ4v) is 2.44. The van der Waals surface area contributed by atoms with E-state index in [1.165, 1.54) is 32.7 Å². The van der Waals surface area contributed by atoms with Crippen LogP contribution in [-0.4, -0.2) is 32.2 Å². The van der Waals surface area contributed by atoms with Crippen molar-refractivity contribution < 1.29 is 19.0 Å². The Balaban J connectivity index is 2.34. The number of nitrogens with zero attached hydrogens (tertiary/aromatic N) is 1. The minimum atomic E-state index is -0.317. The van der Waals surface area contributed by atoms with Crippen LogP contribution in [0.4, 0.5) is 5.13 Å². The maximum atomic E-state index is 12.4. The number of anilines is 1. The highest BCUT2D eigenvalue weighted by Gasteiger charge is 2.18. The quantitative estimate of drug-likeness (QED) is 0.919. The second-order valence-electron chi connectivity index (χ2n) is 4.14. The molecule has 1 aromatic heterocycles. The van der Waals surface area contributed by atoms with Crippen LogP contribution in [-0.2, 0) is 0 Å². The Labute approximate surface area is 126 Å². The van der Waals surface area contributed by atoms with E-state index in [0.717, 1.165) is 4.88 Å². The summed E-state index contributed by atoms with van der Waals surface area (Å²) in [6.45, 7) is 1.92. The number of ether oxygens (including phenoxy) is 3. The summed E-state index contributed by atoms with van der Waals surface area (Å²) in [6, 6.07) is 3.19. The number of methoxy groups -OCH3 is 3. The maximum absolute atomic E-state index is 12.4. The van der Waals surface area contributed by atoms with Gasteiger partial charge in [0.15, 0.2) is 16.6 Å². The molecule has 0 saturated carbocycles. The molecule has 0 unspecified atom stereocenters. The summed E-state index contributed by atoms with van der Waals surface area (Å²) in [4.78, 5) is 17.5. The van der Waals surface area contributed by atoms with E-state index in [2.05, 4.69) is 10.3 Å². The van der Waals surface area contributed by atoms with Gasteiger partial charge in [-0.2, -0.15) is 0 Å². The normalized spacial score (nSPS) is 10.1. The summed E-state index contributed by atoms with van der Waals surface area (Å²) in [5.41, 5.74) is 0.350. The Morgan fingerprint density at radius 1 is 1.10 bits per heavy atom. The Morgan fingerprint density at radius 3 is 2.24 bits per heavy atom. The second-order valence-corrected chi connectivity index (χ2v) is 5.37. The SMILES string of the molecule is COc1cc(OC)c(C(=O)Nc2ncc(C)s2)cc1OC. The van der Waals surface area contributed by atoms with Gasteiger partial charge in [0.05, 0.1) is 26.9 Å². The van der Waals surface area contributed by atoms with Gasteiger partial charge in [-0.3, -0.25) is 10.1 Å². The number of thiazole rings is 1. The molecule has 21 heavy (non-hydrogen) atoms. The molecule has 112 valence electrons. The average Bonchev–Trinajstić information content (AvgIpc) is 2.90. The van der Waals surface area contributed by atoms with Gasteiger partial charge in [0.2, 0.25) is 0 Å². The van der Waals surface area contributed by atoms with E-state index in [1.807, 2.05) is 6.92 Å². The summed E-state index contributed by atoms with van der Waals surface area (Å²) >= 11 is 1.40. The van der Waals surface area contributed by atoms with E-state index in [4.69, 9.17) is 14.2 Å². The number of amides is 1. The van der Waals surface area contributed by atoms with Gasteiger partial charge in [0.25, 0.3) is 5.91 Å². The number of aromatic nitrogens is 1. The number of hydrogen-bond donors (Lipinski definition) is 1. The molecule has 2 aromatic rings. The first-order valence-corrected chi connectivity index (χ1v) is 6.94. The zero-order chi connectivity index (χ0) is 15.4. The predicted molar refractivity (Wildman–Crippen MR) is 80.9 cm³/mol. The first kappa shape index (κ1) is 15.1. The maximum Gasteiger partial charge on any atom is 0.261 e. The lowest BCUT2D eigenvalue weighted by molar-refractivity contribution is 0.102. The van der Waals surface area contributed by atoms with Crippen molar-refractivity contribution in [3.63, 3.8) is 0 Å². The van der Waals surface area contributed by atoms with Gasteiger partial charge in [0.1, 0.15) is 5.75 Å². The number of carbonyl (C=O) groups excluding carboxylic acids is 1. The van der Waals surface area contributed by atoms with Crippen molar-refractivity contribution >= 4 is 22.4 Å². The summed E-state index contributed by atoms with van der Waals surface area (Å²) in [6.07, 6.45) is 1.70. The number of nitrogens with one attached hydrogen (secondary N) is 1. The van der Waals surface area contributed by atoms with Crippen LogP contribution in [0, 0.1) is 6.92 Å². The molecule has 0 aliphatic rings. The van der Waals surface area contributed by atoms with Gasteiger partial charge in [-0.05, 0) is 6.92 Å². The molecule has 6 nitrogen and oxygen atoms in total. The molecule has 1 aromatic carbocycles. The first-order valence-electron chi connectivity index (χ1n) is 6.12. The summed E-state index contributed by atoms with van der Waals surface area (Å²) < 4.78 is 15.6. The highest BCUT2D eigenvalue weighted by atomic mass is 32.1. The van der Waals surface area contributed by atoms with E-state index in [0.29, 0.717) is 27.9 Å². The van der Waals surface area contributed by atoms with E-state index < -0.39 is 0 Å². The first-order chi connectivity index (χ1) is 10.1. The number of hydrogen-bond acceptors (Lipinski definition) is 6. The highest BCUT2D eigenvalue weighted by molar-refractivity contribution is 7.15. The van der Waals surface area contributed by atoms with Crippen molar-refractivity contribution in [2.45, 2.75) is 6.92 Å². The van der Waals surface area contributed by atoms with Gasteiger partial charge in [-0.1, -0.05) is 0 Å². The second kappa shape index (κ2) is 6.45. The smallest absolute Gasteiger partial charge is 0.261 e. The molecule has 0 fully saturated rings. The third-order valence-electron chi connectivity index (χ3n) is 2.79. The van der Waals surface area contributed by atoms with Crippen LogP contribution in [0.15, 0.2) is 18.3 Å². The Hall–Kier alpha value is -2.28. The van der Waals surface area contributed by atoms with Crippen LogP contribution in [0.5, 0.6) is 17.2 Å². The number of aryl methyl sites for hydroxylation is 1. The zero-order valence-corrected chi connectivity index (χ0v) is 13.0. The van der Waals surface area contributed by atoms with Crippen LogP contribution in [0.3, 0.4) is 0 Å². The largest absolute Gasteiger partial charge is 0.496 e. The molecule has 0 aliphatic heterocycles. The summed E-state index contributed by atoms with van der Waals surface area (Å²) in [5.74, 6) is 1.04. The summed E-state index contributed by atoms with van der Waals surface area (Å²) in [7, 11) is 4.52. The Kier molecular flexibility index (Phi) is 4.64. The Morgan fingerprint density at radius 2 is 1.71 bits per heavy atom. The lowest BCUT2D eigenvalue weighted by Crippen LogP contribution is -2.13. The molecule has 1 amide bonds. The topological polar surface area (TPSA) is 69.7 Å². The minimum Gasteiger partial charge on any atom is -0.496 e. The van der Waals surface area contributed by atoms with Crippen LogP contribution >= 0.6 is 11.3 Å². The third-order valence-corrected chi connectivity index (χ3v) is 3.62. The van der Waals surface area contributed by atoms with Crippen molar-refractivity contribution in [2.75, 3.05) is 26.6 Å². The van der Waals surface area contributed by atoms with E-state index in [1.54, 1.807) is 18.3 Å². The molecule has 1 heterocycles. The lowest BCUT2D eigenvalue weighted by Gasteiger charge is -2.13. The molecule has 0 saturated heterocycles. The van der Waals surface area contributed by atoms with Crippen LogP contribution in [0.2, 0.25) is 0 Å². The molecule has 7 heteroatoms. The van der Waals surface area contributed by atoms with E-state index in [9.17, 15) is 4.79 Å². The zero-order valence-electron chi connectivity index (χ0n) is 12.2. The minimum absolute atomic E-state index is 0.317. The number of carbonyl (C=O) groups is 1. The van der Waals surface area contributed by atoms with Crippen molar-refractivity contribution in [3.05, 3.63) is 28.8 Å². The number of benzene rings is 1. The van der Waals surface area contributed by atoms with Crippen molar-refractivity contribution in [1.82, 2.24) is 4.98 Å². The summed E-state index contributed by atoms with van der Waals surface area (Å²) in [5, 5.41) is 3.27. The number of rotatable bonds is 5. The molecular formula is C14H16N2O4S. The monoisotopic (exact) mass is 308 g/mol. The van der Waals surface area contributed by atoms with E-state index >= 15 is 0 Å². The molecule has 0 spiro atoms. The van der Waals surface area contributed by atoms with Crippen LogP contribution < -0.4 is 19.5 Å². The molecule has 0 radical (unpaired) electrons. The highest BCUT2D eigenvalue weighted by Crippen LogP contribution is 2.35. The Bertz CT molecular complexity index is 654. The van der Waals surface area contributed by atoms with Crippen molar-refractivity contribution in [3.8, 4) is 17.2 Å². The molecule has 0 bridgehead atoms. The third kappa shape index (κ3) is 3.25. The van der Waals surface area contributed by atoms with Crippen LogP contribution in [0.1, 0.15) is 15.2 Å². The fraction of sp³-hybridized carbons (Fsp3) is 0.286. The molecular weight excluding hydrogens is 292 g/mol. The van der Waals surface area contributed by atoms with Gasteiger partial charge >= 0.3 is 0 Å². The fourth-order valence-electron chi connectivity index (χ4n) is 1.78.